The lowest BCUT2D eigenvalue weighted by Gasteiger charge is -2.22. The number of nitrogens with one attached hydrogen (secondary N) is 1. The van der Waals surface area contributed by atoms with E-state index in [1.54, 1.807) is 0 Å². The van der Waals surface area contributed by atoms with Gasteiger partial charge in [0.1, 0.15) is 0 Å². The number of carboxylic acid groups (broad SMARTS) is 1. The lowest BCUT2D eigenvalue weighted by molar-refractivity contribution is -0.137. The second kappa shape index (κ2) is 5.14. The summed E-state index contributed by atoms with van der Waals surface area (Å²) in [6.45, 7) is 8.11. The zero-order chi connectivity index (χ0) is 9.72. The van der Waals surface area contributed by atoms with E-state index in [0.29, 0.717) is 12.0 Å². The molecule has 0 aliphatic carbocycles. The first kappa shape index (κ1) is 11.4. The molecule has 1 atom stereocenters. The molecular formula is C9H19NO2. The van der Waals surface area contributed by atoms with Crippen LogP contribution in [-0.2, 0) is 4.79 Å². The highest BCUT2D eigenvalue weighted by atomic mass is 16.4. The minimum absolute atomic E-state index is 0.0856. The smallest absolute Gasteiger partial charge is 0.304 e. The van der Waals surface area contributed by atoms with Crippen molar-refractivity contribution in [2.75, 3.05) is 0 Å². The van der Waals surface area contributed by atoms with Gasteiger partial charge in [0.25, 0.3) is 0 Å². The summed E-state index contributed by atoms with van der Waals surface area (Å²) in [5, 5.41) is 11.8. The van der Waals surface area contributed by atoms with Gasteiger partial charge in [-0.3, -0.25) is 4.79 Å². The molecule has 0 rings (SSSR count). The third kappa shape index (κ3) is 5.13. The molecule has 0 aromatic rings. The molecule has 0 aromatic heterocycles. The van der Waals surface area contributed by atoms with Crippen molar-refractivity contribution in [1.82, 2.24) is 5.32 Å². The van der Waals surface area contributed by atoms with Gasteiger partial charge in [-0.2, -0.15) is 0 Å². The number of hydrogen-bond acceptors (Lipinski definition) is 2. The van der Waals surface area contributed by atoms with Gasteiger partial charge in [-0.05, 0) is 5.92 Å². The van der Waals surface area contributed by atoms with E-state index in [-0.39, 0.29) is 12.5 Å². The highest BCUT2D eigenvalue weighted by molar-refractivity contribution is 5.67. The summed E-state index contributed by atoms with van der Waals surface area (Å²) in [5.41, 5.74) is 0. The molecular weight excluding hydrogens is 154 g/mol. The number of hydrogen-bond donors (Lipinski definition) is 2. The van der Waals surface area contributed by atoms with Crippen LogP contribution in [0.5, 0.6) is 0 Å². The Bertz CT molecular complexity index is 143. The van der Waals surface area contributed by atoms with Gasteiger partial charge in [0.15, 0.2) is 0 Å². The van der Waals surface area contributed by atoms with Crippen LogP contribution < -0.4 is 5.32 Å². The maximum atomic E-state index is 10.5. The van der Waals surface area contributed by atoms with Crippen molar-refractivity contribution >= 4 is 5.97 Å². The molecule has 0 aliphatic heterocycles. The van der Waals surface area contributed by atoms with Crippen molar-refractivity contribution in [3.05, 3.63) is 0 Å². The van der Waals surface area contributed by atoms with Gasteiger partial charge in [0, 0.05) is 12.1 Å². The van der Waals surface area contributed by atoms with Crippen LogP contribution in [0.15, 0.2) is 0 Å². The van der Waals surface area contributed by atoms with Crippen LogP contribution in [0.25, 0.3) is 0 Å². The summed E-state index contributed by atoms with van der Waals surface area (Å²) in [6.07, 6.45) is 0.204. The summed E-state index contributed by atoms with van der Waals surface area (Å²) in [5.74, 6) is -0.370. The standard InChI is InChI=1S/C9H19NO2/c1-6(2)8(5-9(11)12)10-7(3)4/h6-8,10H,5H2,1-4H3,(H,11,12). The van der Waals surface area contributed by atoms with Crippen molar-refractivity contribution in [2.45, 2.75) is 46.2 Å². The van der Waals surface area contributed by atoms with Gasteiger partial charge in [-0.1, -0.05) is 27.7 Å². The van der Waals surface area contributed by atoms with E-state index in [9.17, 15) is 4.79 Å². The number of aliphatic carboxylic acids is 1. The Hall–Kier alpha value is -0.570. The SMILES string of the molecule is CC(C)NC(CC(=O)O)C(C)C. The monoisotopic (exact) mass is 173 g/mol. The van der Waals surface area contributed by atoms with E-state index in [4.69, 9.17) is 5.11 Å². The van der Waals surface area contributed by atoms with Gasteiger partial charge in [0.05, 0.1) is 6.42 Å². The highest BCUT2D eigenvalue weighted by Crippen LogP contribution is 2.06. The Labute approximate surface area is 74.2 Å². The van der Waals surface area contributed by atoms with E-state index in [0.717, 1.165) is 0 Å². The first-order chi connectivity index (χ1) is 5.43. The second-order valence-corrected chi connectivity index (χ2v) is 3.77. The van der Waals surface area contributed by atoms with Crippen molar-refractivity contribution < 1.29 is 9.90 Å². The summed E-state index contributed by atoms with van der Waals surface area (Å²) >= 11 is 0. The maximum absolute atomic E-state index is 10.5. The summed E-state index contributed by atoms with van der Waals surface area (Å²) in [4.78, 5) is 10.5. The van der Waals surface area contributed by atoms with Gasteiger partial charge in [0.2, 0.25) is 0 Å². The largest absolute Gasteiger partial charge is 0.481 e. The minimum Gasteiger partial charge on any atom is -0.481 e. The van der Waals surface area contributed by atoms with Crippen LogP contribution in [0.1, 0.15) is 34.1 Å². The summed E-state index contributed by atoms with van der Waals surface area (Å²) in [7, 11) is 0. The van der Waals surface area contributed by atoms with Crippen LogP contribution >= 0.6 is 0 Å². The average molecular weight is 173 g/mol. The van der Waals surface area contributed by atoms with Gasteiger partial charge >= 0.3 is 5.97 Å². The van der Waals surface area contributed by atoms with E-state index >= 15 is 0 Å². The number of rotatable bonds is 5. The third-order valence-electron chi connectivity index (χ3n) is 1.75. The van der Waals surface area contributed by atoms with Crippen LogP contribution in [0, 0.1) is 5.92 Å². The van der Waals surface area contributed by atoms with Crippen molar-refractivity contribution in [2.24, 2.45) is 5.92 Å². The molecule has 0 aromatic carbocycles. The molecule has 1 unspecified atom stereocenters. The molecule has 3 nitrogen and oxygen atoms in total. The second-order valence-electron chi connectivity index (χ2n) is 3.77. The van der Waals surface area contributed by atoms with Crippen LogP contribution in [0.4, 0.5) is 0 Å². The topological polar surface area (TPSA) is 49.3 Å². The molecule has 0 saturated heterocycles. The van der Waals surface area contributed by atoms with E-state index < -0.39 is 5.97 Å². The lowest BCUT2D eigenvalue weighted by atomic mass is 10.0. The maximum Gasteiger partial charge on any atom is 0.304 e. The fourth-order valence-corrected chi connectivity index (χ4v) is 1.10. The van der Waals surface area contributed by atoms with Gasteiger partial charge in [-0.15, -0.1) is 0 Å². The fraction of sp³-hybridized carbons (Fsp3) is 0.889. The van der Waals surface area contributed by atoms with Gasteiger partial charge < -0.3 is 10.4 Å². The summed E-state index contributed by atoms with van der Waals surface area (Å²) in [6, 6.07) is 0.430. The molecule has 12 heavy (non-hydrogen) atoms. The number of carboxylic acids is 1. The summed E-state index contributed by atoms with van der Waals surface area (Å²) < 4.78 is 0. The minimum atomic E-state index is -0.734. The first-order valence-electron chi connectivity index (χ1n) is 4.41. The van der Waals surface area contributed by atoms with Crippen LogP contribution in [-0.4, -0.2) is 23.2 Å². The zero-order valence-electron chi connectivity index (χ0n) is 8.29. The Morgan fingerprint density at radius 2 is 1.83 bits per heavy atom. The fourth-order valence-electron chi connectivity index (χ4n) is 1.10. The lowest BCUT2D eigenvalue weighted by Crippen LogP contribution is -2.40. The van der Waals surface area contributed by atoms with Gasteiger partial charge in [-0.25, -0.2) is 0 Å². The Balaban J connectivity index is 3.95. The molecule has 0 bridgehead atoms. The van der Waals surface area contributed by atoms with Crippen LogP contribution in [0.2, 0.25) is 0 Å². The zero-order valence-corrected chi connectivity index (χ0v) is 8.29. The molecule has 0 saturated carbocycles. The molecule has 0 amide bonds. The predicted molar refractivity (Wildman–Crippen MR) is 49.2 cm³/mol. The van der Waals surface area contributed by atoms with Crippen molar-refractivity contribution in [3.63, 3.8) is 0 Å². The van der Waals surface area contributed by atoms with E-state index in [1.165, 1.54) is 0 Å². The third-order valence-corrected chi connectivity index (χ3v) is 1.75. The normalized spacial score (nSPS) is 13.8. The number of carbonyl (C=O) groups is 1. The Morgan fingerprint density at radius 1 is 1.33 bits per heavy atom. The molecule has 0 heterocycles. The predicted octanol–water partition coefficient (Wildman–Crippen LogP) is 1.48. The van der Waals surface area contributed by atoms with Crippen molar-refractivity contribution in [1.29, 1.82) is 0 Å². The quantitative estimate of drug-likeness (QED) is 0.662. The molecule has 0 radical (unpaired) electrons. The Kier molecular flexibility index (Phi) is 4.90. The van der Waals surface area contributed by atoms with Crippen LogP contribution in [0.3, 0.4) is 0 Å². The Morgan fingerprint density at radius 3 is 2.08 bits per heavy atom. The van der Waals surface area contributed by atoms with Crippen molar-refractivity contribution in [3.8, 4) is 0 Å². The first-order valence-corrected chi connectivity index (χ1v) is 4.41. The molecule has 0 aliphatic rings. The molecule has 3 heteroatoms. The molecule has 0 spiro atoms. The average Bonchev–Trinajstić information content (AvgIpc) is 1.83. The molecule has 0 fully saturated rings. The van der Waals surface area contributed by atoms with E-state index in [1.807, 2.05) is 27.7 Å². The molecule has 2 N–H and O–H groups in total. The van der Waals surface area contributed by atoms with E-state index in [2.05, 4.69) is 5.32 Å². The highest BCUT2D eigenvalue weighted by Gasteiger charge is 2.16. The molecule has 72 valence electrons.